The molecule has 0 unspecified atom stereocenters. The van der Waals surface area contributed by atoms with E-state index in [2.05, 4.69) is 16.9 Å². The molecule has 0 aliphatic rings. The van der Waals surface area contributed by atoms with Crippen molar-refractivity contribution < 1.29 is 4.74 Å². The minimum atomic E-state index is 0.444. The van der Waals surface area contributed by atoms with Gasteiger partial charge < -0.3 is 10.5 Å². The molecule has 0 saturated carbocycles. The molecule has 4 heteroatoms. The fraction of sp³-hybridized carbons (Fsp3) is 0.714. The molecule has 1 aromatic heterocycles. The van der Waals surface area contributed by atoms with Crippen molar-refractivity contribution in [3.8, 4) is 6.01 Å². The highest BCUT2D eigenvalue weighted by Crippen LogP contribution is 2.03. The van der Waals surface area contributed by atoms with Crippen LogP contribution in [-0.4, -0.2) is 23.1 Å². The molecule has 104 valence electrons. The number of ether oxygens (including phenoxy) is 1. The van der Waals surface area contributed by atoms with E-state index in [1.807, 2.05) is 6.92 Å². The fourth-order valence-electron chi connectivity index (χ4n) is 1.41. The Morgan fingerprint density at radius 3 is 2.17 bits per heavy atom. The number of hydrogen-bond acceptors (Lipinski definition) is 4. The molecule has 0 fully saturated rings. The molecule has 0 amide bonds. The van der Waals surface area contributed by atoms with E-state index in [-0.39, 0.29) is 0 Å². The molecular formula is C14H27N3O. The molecular weight excluding hydrogens is 226 g/mol. The van der Waals surface area contributed by atoms with Gasteiger partial charge in [0, 0.05) is 12.4 Å². The van der Waals surface area contributed by atoms with Crippen molar-refractivity contribution in [1.29, 1.82) is 0 Å². The lowest BCUT2D eigenvalue weighted by molar-refractivity contribution is 0.312. The molecule has 4 nitrogen and oxygen atoms in total. The van der Waals surface area contributed by atoms with E-state index < -0.39 is 0 Å². The Morgan fingerprint density at radius 1 is 1.00 bits per heavy atom. The van der Waals surface area contributed by atoms with Crippen LogP contribution in [0, 0.1) is 0 Å². The lowest BCUT2D eigenvalue weighted by Crippen LogP contribution is -1.97. The molecule has 0 aliphatic carbocycles. The van der Waals surface area contributed by atoms with Crippen LogP contribution in [0.15, 0.2) is 18.5 Å². The van der Waals surface area contributed by atoms with E-state index in [0.29, 0.717) is 12.6 Å². The van der Waals surface area contributed by atoms with Crippen LogP contribution in [0.25, 0.3) is 0 Å². The highest BCUT2D eigenvalue weighted by molar-refractivity contribution is 4.92. The first-order chi connectivity index (χ1) is 8.85. The number of unbranched alkanes of at least 4 members (excludes halogenated alkanes) is 5. The lowest BCUT2D eigenvalue weighted by atomic mass is 10.1. The monoisotopic (exact) mass is 253 g/mol. The summed E-state index contributed by atoms with van der Waals surface area (Å²) in [5.74, 6) is 0. The SMILES string of the molecule is CCCCCCCCN.CCOc1ncccn1. The zero-order valence-electron chi connectivity index (χ0n) is 11.8. The molecule has 0 aromatic carbocycles. The molecule has 0 bridgehead atoms. The first-order valence-electron chi connectivity index (χ1n) is 6.95. The van der Waals surface area contributed by atoms with Crippen molar-refractivity contribution in [2.24, 2.45) is 5.73 Å². The number of rotatable bonds is 8. The number of nitrogens with two attached hydrogens (primary N) is 1. The largest absolute Gasteiger partial charge is 0.464 e. The van der Waals surface area contributed by atoms with Gasteiger partial charge in [-0.1, -0.05) is 39.0 Å². The maximum atomic E-state index is 5.34. The lowest BCUT2D eigenvalue weighted by Gasteiger charge is -1.96. The van der Waals surface area contributed by atoms with Gasteiger partial charge in [0.1, 0.15) is 0 Å². The predicted molar refractivity (Wildman–Crippen MR) is 75.6 cm³/mol. The third-order valence-electron chi connectivity index (χ3n) is 2.37. The van der Waals surface area contributed by atoms with Crippen LogP contribution >= 0.6 is 0 Å². The van der Waals surface area contributed by atoms with Crippen LogP contribution in [0.3, 0.4) is 0 Å². The molecule has 18 heavy (non-hydrogen) atoms. The molecule has 0 saturated heterocycles. The smallest absolute Gasteiger partial charge is 0.316 e. The molecule has 0 atom stereocenters. The van der Waals surface area contributed by atoms with Crippen molar-refractivity contribution in [2.45, 2.75) is 52.4 Å². The summed E-state index contributed by atoms with van der Waals surface area (Å²) in [5, 5.41) is 0. The van der Waals surface area contributed by atoms with Gasteiger partial charge in [-0.05, 0) is 26.0 Å². The van der Waals surface area contributed by atoms with Crippen molar-refractivity contribution in [3.63, 3.8) is 0 Å². The molecule has 1 heterocycles. The fourth-order valence-corrected chi connectivity index (χ4v) is 1.41. The summed E-state index contributed by atoms with van der Waals surface area (Å²) < 4.78 is 4.98. The Hall–Kier alpha value is -1.16. The summed E-state index contributed by atoms with van der Waals surface area (Å²) in [7, 11) is 0. The molecule has 0 aliphatic heterocycles. The van der Waals surface area contributed by atoms with Gasteiger partial charge in [-0.2, -0.15) is 0 Å². The normalized spacial score (nSPS) is 9.50. The van der Waals surface area contributed by atoms with Crippen LogP contribution in [0.2, 0.25) is 0 Å². The molecule has 2 N–H and O–H groups in total. The van der Waals surface area contributed by atoms with Gasteiger partial charge in [0.05, 0.1) is 6.61 Å². The Morgan fingerprint density at radius 2 is 1.61 bits per heavy atom. The van der Waals surface area contributed by atoms with Gasteiger partial charge in [0.15, 0.2) is 0 Å². The van der Waals surface area contributed by atoms with E-state index in [9.17, 15) is 0 Å². The van der Waals surface area contributed by atoms with Crippen molar-refractivity contribution >= 4 is 0 Å². The highest BCUT2D eigenvalue weighted by atomic mass is 16.5. The van der Waals surface area contributed by atoms with Gasteiger partial charge in [-0.15, -0.1) is 0 Å². The summed E-state index contributed by atoms with van der Waals surface area (Å²) in [6.45, 7) is 5.62. The van der Waals surface area contributed by atoms with Gasteiger partial charge in [-0.25, -0.2) is 9.97 Å². The van der Waals surface area contributed by atoms with E-state index in [0.717, 1.165) is 6.54 Å². The van der Waals surface area contributed by atoms with Crippen molar-refractivity contribution in [2.75, 3.05) is 13.2 Å². The van der Waals surface area contributed by atoms with Crippen molar-refractivity contribution in [1.82, 2.24) is 9.97 Å². The van der Waals surface area contributed by atoms with Gasteiger partial charge in [0.25, 0.3) is 0 Å². The summed E-state index contributed by atoms with van der Waals surface area (Å²) in [6, 6.07) is 2.20. The minimum absolute atomic E-state index is 0.444. The van der Waals surface area contributed by atoms with E-state index in [1.54, 1.807) is 18.5 Å². The van der Waals surface area contributed by atoms with Crippen LogP contribution in [0.5, 0.6) is 6.01 Å². The first kappa shape index (κ1) is 16.8. The maximum Gasteiger partial charge on any atom is 0.316 e. The summed E-state index contributed by atoms with van der Waals surface area (Å²) in [6.07, 6.45) is 11.4. The second-order valence-electron chi connectivity index (χ2n) is 4.02. The van der Waals surface area contributed by atoms with Crippen LogP contribution in [0.1, 0.15) is 52.4 Å². The number of hydrogen-bond donors (Lipinski definition) is 1. The molecule has 0 spiro atoms. The van der Waals surface area contributed by atoms with E-state index in [4.69, 9.17) is 10.5 Å². The van der Waals surface area contributed by atoms with E-state index >= 15 is 0 Å². The number of nitrogens with zero attached hydrogens (tertiary/aromatic N) is 2. The van der Waals surface area contributed by atoms with Gasteiger partial charge in [-0.3, -0.25) is 0 Å². The Bertz CT molecular complexity index is 248. The maximum absolute atomic E-state index is 5.34. The van der Waals surface area contributed by atoms with Crippen molar-refractivity contribution in [3.05, 3.63) is 18.5 Å². The predicted octanol–water partition coefficient (Wildman–Crippen LogP) is 3.18. The Balaban J connectivity index is 0.000000321. The highest BCUT2D eigenvalue weighted by Gasteiger charge is 1.88. The molecule has 1 rings (SSSR count). The second-order valence-corrected chi connectivity index (χ2v) is 4.02. The third-order valence-corrected chi connectivity index (χ3v) is 2.37. The number of aromatic nitrogens is 2. The summed E-state index contributed by atoms with van der Waals surface area (Å²) in [5.41, 5.74) is 5.34. The third kappa shape index (κ3) is 11.3. The van der Waals surface area contributed by atoms with E-state index in [1.165, 1.54) is 38.5 Å². The Kier molecular flexibility index (Phi) is 13.0. The summed E-state index contributed by atoms with van der Waals surface area (Å²) in [4.78, 5) is 7.67. The minimum Gasteiger partial charge on any atom is -0.464 e. The topological polar surface area (TPSA) is 61.0 Å². The average Bonchev–Trinajstić information content (AvgIpc) is 2.41. The van der Waals surface area contributed by atoms with Gasteiger partial charge in [0.2, 0.25) is 0 Å². The van der Waals surface area contributed by atoms with Crippen LogP contribution < -0.4 is 10.5 Å². The van der Waals surface area contributed by atoms with Crippen LogP contribution in [-0.2, 0) is 0 Å². The summed E-state index contributed by atoms with van der Waals surface area (Å²) >= 11 is 0. The molecule has 0 radical (unpaired) electrons. The average molecular weight is 253 g/mol. The standard InChI is InChI=1S/C8H19N.C6H8N2O/c1-2-3-4-5-6-7-8-9;1-2-9-6-7-4-3-5-8-6/h2-9H2,1H3;3-5H,2H2,1H3. The zero-order valence-corrected chi connectivity index (χ0v) is 11.8. The second kappa shape index (κ2) is 13.9. The zero-order chi connectivity index (χ0) is 13.5. The van der Waals surface area contributed by atoms with Gasteiger partial charge >= 0.3 is 6.01 Å². The molecule has 1 aromatic rings. The van der Waals surface area contributed by atoms with Crippen LogP contribution in [0.4, 0.5) is 0 Å². The quantitative estimate of drug-likeness (QED) is 0.723. The Labute approximate surface area is 111 Å². The first-order valence-corrected chi connectivity index (χ1v) is 6.95.